The number of aromatic nitrogens is 1. The number of quaternary nitrogens is 1. The first-order valence-corrected chi connectivity index (χ1v) is 10.5. The first-order chi connectivity index (χ1) is 14.2. The van der Waals surface area contributed by atoms with Crippen LogP contribution in [0.3, 0.4) is 0 Å². The van der Waals surface area contributed by atoms with Crippen LogP contribution in [0.1, 0.15) is 26.5 Å². The number of fused-ring (bicyclic) bond motifs is 1. The molecule has 160 valence electrons. The molecule has 7 heteroatoms. The molecule has 1 heterocycles. The quantitative estimate of drug-likeness (QED) is 0.551. The summed E-state index contributed by atoms with van der Waals surface area (Å²) in [6.45, 7) is 7.77. The van der Waals surface area contributed by atoms with E-state index in [1.807, 2.05) is 18.2 Å². The van der Waals surface area contributed by atoms with Crippen molar-refractivity contribution < 1.29 is 18.8 Å². The highest BCUT2D eigenvalue weighted by molar-refractivity contribution is 6.45. The van der Waals surface area contributed by atoms with Gasteiger partial charge in [-0.25, -0.2) is 4.39 Å². The Morgan fingerprint density at radius 1 is 1.07 bits per heavy atom. The second kappa shape index (κ2) is 9.38. The van der Waals surface area contributed by atoms with Crippen LogP contribution in [-0.2, 0) is 6.61 Å². The summed E-state index contributed by atoms with van der Waals surface area (Å²) in [6.07, 6.45) is 1.52. The van der Waals surface area contributed by atoms with E-state index in [-0.39, 0.29) is 17.8 Å². The van der Waals surface area contributed by atoms with E-state index in [0.29, 0.717) is 28.2 Å². The molecule has 3 rings (SSSR count). The summed E-state index contributed by atoms with van der Waals surface area (Å²) in [5, 5.41) is 2.52. The van der Waals surface area contributed by atoms with E-state index in [2.05, 4.69) is 32.8 Å². The fourth-order valence-corrected chi connectivity index (χ4v) is 3.26. The Labute approximate surface area is 186 Å². The lowest BCUT2D eigenvalue weighted by atomic mass is 10.1. The molecule has 0 radical (unpaired) electrons. The molecule has 0 fully saturated rings. The van der Waals surface area contributed by atoms with Gasteiger partial charge in [0.1, 0.15) is 37.0 Å². The lowest BCUT2D eigenvalue weighted by Crippen LogP contribution is -3.16. The molecule has 1 aromatic heterocycles. The van der Waals surface area contributed by atoms with Crippen molar-refractivity contribution in [1.29, 1.82) is 0 Å². The molecule has 0 aliphatic rings. The van der Waals surface area contributed by atoms with Crippen LogP contribution in [0.2, 0.25) is 10.0 Å². The van der Waals surface area contributed by atoms with E-state index in [0.717, 1.165) is 17.3 Å². The van der Waals surface area contributed by atoms with Gasteiger partial charge in [-0.3, -0.25) is 4.98 Å². The van der Waals surface area contributed by atoms with Crippen LogP contribution < -0.4 is 14.4 Å². The zero-order valence-electron chi connectivity index (χ0n) is 17.6. The van der Waals surface area contributed by atoms with Gasteiger partial charge in [0.25, 0.3) is 0 Å². The normalized spacial score (nSPS) is 12.8. The number of halogens is 3. The van der Waals surface area contributed by atoms with Crippen molar-refractivity contribution >= 4 is 34.0 Å². The van der Waals surface area contributed by atoms with Crippen molar-refractivity contribution in [3.05, 3.63) is 64.2 Å². The van der Waals surface area contributed by atoms with E-state index in [4.69, 9.17) is 32.7 Å². The second-order valence-corrected chi connectivity index (χ2v) is 9.01. The van der Waals surface area contributed by atoms with E-state index in [1.165, 1.54) is 17.2 Å². The Kier molecular flexibility index (Phi) is 7.06. The highest BCUT2D eigenvalue weighted by atomic mass is 35.5. The Hall–Kier alpha value is -2.08. The first-order valence-electron chi connectivity index (χ1n) is 9.76. The molecule has 1 unspecified atom stereocenters. The number of nitrogens with one attached hydrogen (secondary N) is 1. The maximum absolute atomic E-state index is 14.5. The van der Waals surface area contributed by atoms with Crippen LogP contribution in [0.4, 0.5) is 4.39 Å². The number of ether oxygens (including phenoxy) is 2. The lowest BCUT2D eigenvalue weighted by Gasteiger charge is -2.28. The number of rotatable bonds is 7. The Balaban J connectivity index is 1.64. The average Bonchev–Trinajstić information content (AvgIpc) is 2.69. The Morgan fingerprint density at radius 2 is 1.83 bits per heavy atom. The fourth-order valence-electron chi connectivity index (χ4n) is 2.87. The number of hydrogen-bond donors (Lipinski definition) is 1. The van der Waals surface area contributed by atoms with Crippen molar-refractivity contribution in [3.63, 3.8) is 0 Å². The minimum Gasteiger partial charge on any atom is -0.487 e. The van der Waals surface area contributed by atoms with Crippen LogP contribution >= 0.6 is 23.2 Å². The molecule has 0 bridgehead atoms. The third-order valence-electron chi connectivity index (χ3n) is 5.19. The summed E-state index contributed by atoms with van der Waals surface area (Å²) in [4.78, 5) is 5.50. The Bertz CT molecular complexity index is 1040. The van der Waals surface area contributed by atoms with Crippen LogP contribution in [0, 0.1) is 5.82 Å². The summed E-state index contributed by atoms with van der Waals surface area (Å²) in [5.74, 6) is 0.524. The van der Waals surface area contributed by atoms with Crippen LogP contribution in [0.25, 0.3) is 10.8 Å². The average molecular weight is 452 g/mol. The molecular weight excluding hydrogens is 426 g/mol. The monoisotopic (exact) mass is 451 g/mol. The third-order valence-corrected chi connectivity index (χ3v) is 6.01. The van der Waals surface area contributed by atoms with E-state index in [9.17, 15) is 4.39 Å². The summed E-state index contributed by atoms with van der Waals surface area (Å²) in [5.41, 5.74) is 0.336. The largest absolute Gasteiger partial charge is 0.487 e. The zero-order chi connectivity index (χ0) is 21.9. The standard InChI is InChI=1S/C23H25Cl2FN2O2/c1-23(2,3)28(4)10-11-29-15-12-19(26)20(27-13-15)14-30-21-7-5-6-17-16(21)8-9-18(24)22(17)25/h5-9,12-13H,10-11,14H2,1-4H3/p+1. The molecule has 0 amide bonds. The van der Waals surface area contributed by atoms with E-state index in [1.54, 1.807) is 12.1 Å². The minimum absolute atomic E-state index is 0.0115. The molecule has 0 aliphatic carbocycles. The molecule has 0 saturated carbocycles. The molecule has 1 N–H and O–H groups in total. The van der Waals surface area contributed by atoms with Gasteiger partial charge in [0.15, 0.2) is 5.82 Å². The highest BCUT2D eigenvalue weighted by Crippen LogP contribution is 2.35. The first kappa shape index (κ1) is 22.6. The van der Waals surface area contributed by atoms with E-state index >= 15 is 0 Å². The maximum Gasteiger partial charge on any atom is 0.151 e. The van der Waals surface area contributed by atoms with Crippen LogP contribution in [0.15, 0.2) is 42.6 Å². The van der Waals surface area contributed by atoms with Crippen molar-refractivity contribution in [2.45, 2.75) is 32.9 Å². The number of pyridine rings is 1. The minimum atomic E-state index is -0.467. The molecular formula is C23H26Cl2FN2O2+. The van der Waals surface area contributed by atoms with Gasteiger partial charge in [0, 0.05) is 16.8 Å². The van der Waals surface area contributed by atoms with Crippen molar-refractivity contribution in [1.82, 2.24) is 4.98 Å². The van der Waals surface area contributed by atoms with E-state index < -0.39 is 5.82 Å². The molecule has 4 nitrogen and oxygen atoms in total. The SMILES string of the molecule is C[NH+](CCOc1cnc(COc2cccc3c(Cl)c(Cl)ccc23)c(F)c1)C(C)(C)C. The molecule has 1 atom stereocenters. The Morgan fingerprint density at radius 3 is 2.53 bits per heavy atom. The second-order valence-electron chi connectivity index (χ2n) is 8.23. The molecule has 0 spiro atoms. The number of benzene rings is 2. The smallest absolute Gasteiger partial charge is 0.151 e. The molecule has 2 aromatic carbocycles. The van der Waals surface area contributed by atoms with Gasteiger partial charge in [-0.15, -0.1) is 0 Å². The van der Waals surface area contributed by atoms with Crippen LogP contribution in [0.5, 0.6) is 11.5 Å². The van der Waals surface area contributed by atoms with Gasteiger partial charge < -0.3 is 14.4 Å². The summed E-state index contributed by atoms with van der Waals surface area (Å²) < 4.78 is 26.0. The zero-order valence-corrected chi connectivity index (χ0v) is 19.1. The van der Waals surface area contributed by atoms with Crippen LogP contribution in [-0.4, -0.2) is 30.7 Å². The molecule has 30 heavy (non-hydrogen) atoms. The molecule has 0 saturated heterocycles. The highest BCUT2D eigenvalue weighted by Gasteiger charge is 2.20. The van der Waals surface area contributed by atoms with Gasteiger partial charge in [-0.1, -0.05) is 35.3 Å². The van der Waals surface area contributed by atoms with Gasteiger partial charge in [0.2, 0.25) is 0 Å². The van der Waals surface area contributed by atoms with Gasteiger partial charge in [0.05, 0.1) is 28.8 Å². The van der Waals surface area contributed by atoms with Crippen molar-refractivity contribution in [2.75, 3.05) is 20.2 Å². The predicted octanol–water partition coefficient (Wildman–Crippen LogP) is 4.95. The van der Waals surface area contributed by atoms with Gasteiger partial charge in [-0.05, 0) is 39.0 Å². The predicted molar refractivity (Wildman–Crippen MR) is 119 cm³/mol. The molecule has 3 aromatic rings. The summed E-state index contributed by atoms with van der Waals surface area (Å²) in [6, 6.07) is 10.4. The van der Waals surface area contributed by atoms with Gasteiger partial charge >= 0.3 is 0 Å². The van der Waals surface area contributed by atoms with Crippen molar-refractivity contribution in [2.24, 2.45) is 0 Å². The summed E-state index contributed by atoms with van der Waals surface area (Å²) in [7, 11) is 2.11. The maximum atomic E-state index is 14.5. The lowest BCUT2D eigenvalue weighted by molar-refractivity contribution is -0.927. The third kappa shape index (κ3) is 5.34. The van der Waals surface area contributed by atoms with Crippen molar-refractivity contribution in [3.8, 4) is 11.5 Å². The number of nitrogens with zero attached hydrogens (tertiary/aromatic N) is 1. The molecule has 0 aliphatic heterocycles. The number of likely N-dealkylation sites (N-methyl/N-ethyl adjacent to an activating group) is 1. The van der Waals surface area contributed by atoms with Gasteiger partial charge in [-0.2, -0.15) is 0 Å². The topological polar surface area (TPSA) is 35.8 Å². The summed E-state index contributed by atoms with van der Waals surface area (Å²) >= 11 is 12.3. The fraction of sp³-hybridized carbons (Fsp3) is 0.348. The number of hydrogen-bond acceptors (Lipinski definition) is 3.